The van der Waals surface area contributed by atoms with Crippen LogP contribution in [0.2, 0.25) is 0 Å². The minimum Gasteiger partial charge on any atom is -0.493 e. The molecule has 0 amide bonds. The number of rotatable bonds is 5. The molecule has 6 heteroatoms. The molecule has 1 heterocycles. The zero-order chi connectivity index (χ0) is 20.5. The van der Waals surface area contributed by atoms with Gasteiger partial charge in [-0.3, -0.25) is 0 Å². The van der Waals surface area contributed by atoms with E-state index in [-0.39, 0.29) is 17.9 Å². The number of nitrogens with one attached hydrogen (secondary N) is 1. The van der Waals surface area contributed by atoms with Crippen molar-refractivity contribution in [2.24, 2.45) is 5.92 Å². The van der Waals surface area contributed by atoms with Crippen molar-refractivity contribution in [3.8, 4) is 17.2 Å². The largest absolute Gasteiger partial charge is 0.493 e. The Kier molecular flexibility index (Phi) is 5.09. The predicted molar refractivity (Wildman–Crippen MR) is 110 cm³/mol. The lowest BCUT2D eigenvalue weighted by atomic mass is 9.76. The summed E-state index contributed by atoms with van der Waals surface area (Å²) in [7, 11) is 6.25. The van der Waals surface area contributed by atoms with Crippen LogP contribution in [-0.2, 0) is 4.74 Å². The van der Waals surface area contributed by atoms with Crippen molar-refractivity contribution >= 4 is 11.7 Å². The van der Waals surface area contributed by atoms with Gasteiger partial charge >= 0.3 is 5.97 Å². The average Bonchev–Trinajstić information content (AvgIpc) is 3.26. The first kappa shape index (κ1) is 19.2. The summed E-state index contributed by atoms with van der Waals surface area (Å²) in [5.41, 5.74) is 3.78. The third kappa shape index (κ3) is 3.18. The molecule has 1 N–H and O–H groups in total. The zero-order valence-corrected chi connectivity index (χ0v) is 17.0. The van der Waals surface area contributed by atoms with Crippen LogP contribution in [0.1, 0.15) is 39.9 Å². The molecule has 0 fully saturated rings. The van der Waals surface area contributed by atoms with E-state index in [1.807, 2.05) is 24.3 Å². The first-order chi connectivity index (χ1) is 14.1. The Hall–Kier alpha value is -3.15. The van der Waals surface area contributed by atoms with Crippen molar-refractivity contribution in [2.45, 2.75) is 18.4 Å². The van der Waals surface area contributed by atoms with Crippen molar-refractivity contribution in [3.05, 3.63) is 59.2 Å². The van der Waals surface area contributed by atoms with Gasteiger partial charge in [0.25, 0.3) is 0 Å². The van der Waals surface area contributed by atoms with Crippen LogP contribution in [0.25, 0.3) is 0 Å². The standard InChI is InChI=1S/C23H25NO5/c1-26-19-11-14(12-20(27-2)22(19)28-3)21-16-7-5-6-15(16)17-10-13(23(25)29-4)8-9-18(17)24-21/h5-6,8-12,15-16,21,24H,7H2,1-4H3. The molecule has 1 aliphatic heterocycles. The van der Waals surface area contributed by atoms with Crippen LogP contribution < -0.4 is 19.5 Å². The molecule has 0 saturated heterocycles. The van der Waals surface area contributed by atoms with Crippen LogP contribution in [0, 0.1) is 5.92 Å². The van der Waals surface area contributed by atoms with E-state index in [9.17, 15) is 4.79 Å². The highest BCUT2D eigenvalue weighted by Gasteiger charge is 2.39. The summed E-state index contributed by atoms with van der Waals surface area (Å²) in [6.07, 6.45) is 5.39. The predicted octanol–water partition coefficient (Wildman–Crippen LogP) is 4.33. The molecule has 0 bridgehead atoms. The second kappa shape index (κ2) is 7.70. The first-order valence-corrected chi connectivity index (χ1v) is 9.56. The quantitative estimate of drug-likeness (QED) is 0.601. The maximum Gasteiger partial charge on any atom is 0.337 e. The van der Waals surface area contributed by atoms with Gasteiger partial charge in [-0.25, -0.2) is 4.79 Å². The number of allylic oxidation sites excluding steroid dienone is 2. The van der Waals surface area contributed by atoms with Crippen molar-refractivity contribution in [1.82, 2.24) is 0 Å². The highest BCUT2D eigenvalue weighted by atomic mass is 16.5. The third-order valence-electron chi connectivity index (χ3n) is 5.83. The molecule has 2 aromatic carbocycles. The monoisotopic (exact) mass is 395 g/mol. The third-order valence-corrected chi connectivity index (χ3v) is 5.83. The van der Waals surface area contributed by atoms with E-state index in [2.05, 4.69) is 17.5 Å². The fraction of sp³-hybridized carbons (Fsp3) is 0.348. The number of methoxy groups -OCH3 is 4. The second-order valence-corrected chi connectivity index (χ2v) is 7.23. The lowest BCUT2D eigenvalue weighted by Crippen LogP contribution is -2.29. The van der Waals surface area contributed by atoms with Gasteiger partial charge in [0.1, 0.15) is 0 Å². The Bertz CT molecular complexity index is 943. The van der Waals surface area contributed by atoms with Gasteiger partial charge in [-0.15, -0.1) is 0 Å². The molecule has 0 saturated carbocycles. The van der Waals surface area contributed by atoms with Crippen LogP contribution in [0.15, 0.2) is 42.5 Å². The van der Waals surface area contributed by atoms with Gasteiger partial charge in [-0.1, -0.05) is 12.2 Å². The fourth-order valence-corrected chi connectivity index (χ4v) is 4.45. The molecule has 2 aliphatic rings. The van der Waals surface area contributed by atoms with Gasteiger partial charge in [0.05, 0.1) is 40.0 Å². The van der Waals surface area contributed by atoms with Crippen molar-refractivity contribution < 1.29 is 23.7 Å². The Morgan fingerprint density at radius 3 is 2.34 bits per heavy atom. The number of carbonyl (C=O) groups excluding carboxylic acids is 1. The van der Waals surface area contributed by atoms with Crippen LogP contribution in [0.3, 0.4) is 0 Å². The maximum absolute atomic E-state index is 12.0. The number of esters is 1. The summed E-state index contributed by atoms with van der Waals surface area (Å²) >= 11 is 0. The summed E-state index contributed by atoms with van der Waals surface area (Å²) in [4.78, 5) is 12.0. The molecule has 3 atom stereocenters. The number of benzene rings is 2. The molecule has 2 aromatic rings. The summed E-state index contributed by atoms with van der Waals surface area (Å²) in [5, 5.41) is 3.66. The molecule has 0 radical (unpaired) electrons. The first-order valence-electron chi connectivity index (χ1n) is 9.56. The molecule has 0 aromatic heterocycles. The van der Waals surface area contributed by atoms with Crippen LogP contribution >= 0.6 is 0 Å². The fourth-order valence-electron chi connectivity index (χ4n) is 4.45. The van der Waals surface area contributed by atoms with Crippen molar-refractivity contribution in [3.63, 3.8) is 0 Å². The van der Waals surface area contributed by atoms with E-state index in [1.165, 1.54) is 7.11 Å². The lowest BCUT2D eigenvalue weighted by molar-refractivity contribution is 0.0600. The van der Waals surface area contributed by atoms with E-state index in [1.54, 1.807) is 27.4 Å². The Morgan fingerprint density at radius 1 is 1.00 bits per heavy atom. The van der Waals surface area contributed by atoms with Gasteiger partial charge in [-0.2, -0.15) is 0 Å². The maximum atomic E-state index is 12.0. The van der Waals surface area contributed by atoms with Gasteiger partial charge in [0, 0.05) is 11.6 Å². The molecule has 1 aliphatic carbocycles. The Labute approximate surface area is 170 Å². The molecule has 6 nitrogen and oxygen atoms in total. The number of hydrogen-bond acceptors (Lipinski definition) is 6. The number of fused-ring (bicyclic) bond motifs is 3. The van der Waals surface area contributed by atoms with Crippen molar-refractivity contribution in [1.29, 1.82) is 0 Å². The smallest absolute Gasteiger partial charge is 0.337 e. The number of ether oxygens (including phenoxy) is 4. The Morgan fingerprint density at radius 2 is 1.72 bits per heavy atom. The van der Waals surface area contributed by atoms with Crippen molar-refractivity contribution in [2.75, 3.05) is 33.8 Å². The van der Waals surface area contributed by atoms with E-state index in [0.29, 0.717) is 28.7 Å². The van der Waals surface area contributed by atoms with Gasteiger partial charge in [-0.05, 0) is 53.8 Å². The SMILES string of the molecule is COC(=O)c1ccc2c(c1)C1C=CCC1C(c1cc(OC)c(OC)c(OC)c1)N2. The molecule has 3 unspecified atom stereocenters. The molecule has 4 rings (SSSR count). The van der Waals surface area contributed by atoms with E-state index < -0.39 is 0 Å². The molecule has 29 heavy (non-hydrogen) atoms. The van der Waals surface area contributed by atoms with Gasteiger partial charge in [0.2, 0.25) is 5.75 Å². The van der Waals surface area contributed by atoms with E-state index in [4.69, 9.17) is 18.9 Å². The second-order valence-electron chi connectivity index (χ2n) is 7.23. The summed E-state index contributed by atoms with van der Waals surface area (Å²) in [6.45, 7) is 0. The minimum atomic E-state index is -0.321. The van der Waals surface area contributed by atoms with Crippen LogP contribution in [0.5, 0.6) is 17.2 Å². The van der Waals surface area contributed by atoms with Gasteiger partial charge < -0.3 is 24.3 Å². The molecule has 0 spiro atoms. The van der Waals surface area contributed by atoms with E-state index in [0.717, 1.165) is 23.2 Å². The number of hydrogen-bond donors (Lipinski definition) is 1. The topological polar surface area (TPSA) is 66.0 Å². The molecular formula is C23H25NO5. The number of carbonyl (C=O) groups is 1. The summed E-state index contributed by atoms with van der Waals surface area (Å²) in [6, 6.07) is 9.76. The average molecular weight is 395 g/mol. The van der Waals surface area contributed by atoms with E-state index >= 15 is 0 Å². The number of anilines is 1. The summed E-state index contributed by atoms with van der Waals surface area (Å²) < 4.78 is 21.4. The minimum absolute atomic E-state index is 0.0696. The highest BCUT2D eigenvalue weighted by Crippen LogP contribution is 2.51. The van der Waals surface area contributed by atoms with Crippen LogP contribution in [-0.4, -0.2) is 34.4 Å². The van der Waals surface area contributed by atoms with Gasteiger partial charge in [0.15, 0.2) is 11.5 Å². The highest BCUT2D eigenvalue weighted by molar-refractivity contribution is 5.90. The lowest BCUT2D eigenvalue weighted by Gasteiger charge is -2.38. The summed E-state index contributed by atoms with van der Waals surface area (Å²) in [5.74, 6) is 2.07. The molecular weight excluding hydrogens is 370 g/mol. The molecule has 152 valence electrons. The normalized spacial score (nSPS) is 21.6. The van der Waals surface area contributed by atoms with Crippen LogP contribution in [0.4, 0.5) is 5.69 Å². The zero-order valence-electron chi connectivity index (χ0n) is 17.0. The Balaban J connectivity index is 1.77.